The van der Waals surface area contributed by atoms with E-state index in [-0.39, 0.29) is 134 Å². The van der Waals surface area contributed by atoms with Gasteiger partial charge < -0.3 is 0 Å². The Bertz CT molecular complexity index is 225. The molecule has 0 heterocycles. The molecule has 0 unspecified atom stereocenters. The van der Waals surface area contributed by atoms with E-state index in [9.17, 15) is 10.4 Å². The van der Waals surface area contributed by atoms with Gasteiger partial charge in [-0.15, -0.1) is 0 Å². The first-order chi connectivity index (χ1) is 6.00. The van der Waals surface area contributed by atoms with Crippen LogP contribution in [0.1, 0.15) is 0 Å². The summed E-state index contributed by atoms with van der Waals surface area (Å²) in [7, 11) is 0. The van der Waals surface area contributed by atoms with E-state index in [0.717, 1.165) is 0 Å². The zero-order valence-electron chi connectivity index (χ0n) is 7.96. The molecule has 0 radical (unpaired) electrons. The fourth-order valence-electron chi connectivity index (χ4n) is 0. The van der Waals surface area contributed by atoms with Gasteiger partial charge >= 0.3 is 224 Å². The maximum Gasteiger partial charge on any atom is 1.00 e. The van der Waals surface area contributed by atoms with Crippen LogP contribution in [0.5, 0.6) is 0 Å². The Morgan fingerprint density at radius 2 is 0.429 bits per heavy atom. The molecule has 156 valence electrons. The van der Waals surface area contributed by atoms with Crippen LogP contribution in [-0.4, -0.2) is 43.9 Å². The van der Waals surface area contributed by atoms with E-state index in [0.29, 0.717) is 0 Å². The van der Waals surface area contributed by atoms with Crippen molar-refractivity contribution in [3.05, 3.63) is 0 Å². The van der Waals surface area contributed by atoms with Crippen molar-refractivity contribution in [1.82, 2.24) is 0 Å². The molecule has 0 saturated heterocycles. The van der Waals surface area contributed by atoms with Gasteiger partial charge in [0.1, 0.15) is 0 Å². The summed E-state index contributed by atoms with van der Waals surface area (Å²) in [4.78, 5) is 0. The summed E-state index contributed by atoms with van der Waals surface area (Å²) >= 11 is -18.4. The maximum atomic E-state index is 10.2. The predicted molar refractivity (Wildman–Crippen MR) is 22.6 cm³/mol. The minimum atomic E-state index is -6.12. The Morgan fingerprint density at radius 1 is 0.429 bits per heavy atom. The van der Waals surface area contributed by atoms with Crippen LogP contribution in [0.3, 0.4) is 0 Å². The Kier molecular flexibility index (Phi) is 73.1. The predicted octanol–water partition coefficient (Wildman–Crippen LogP) is -7.39. The van der Waals surface area contributed by atoms with Crippen LogP contribution in [0.2, 0.25) is 0 Å². The third-order valence-electron chi connectivity index (χ3n) is 0. The first-order valence-corrected chi connectivity index (χ1v) is 11.2. The first kappa shape index (κ1) is 56.2. The van der Waals surface area contributed by atoms with Gasteiger partial charge in [0.05, 0.1) is 0 Å². The molecule has 0 aliphatic carbocycles. The molecule has 0 saturated carbocycles. The molecule has 0 atom stereocenters. The van der Waals surface area contributed by atoms with Crippen LogP contribution in [0.4, 0.5) is 10.4 Å². The van der Waals surface area contributed by atoms with E-state index in [1.165, 1.54) is 0 Å². The van der Waals surface area contributed by atoms with Gasteiger partial charge in [-0.1, -0.05) is 0 Å². The minimum Gasteiger partial charge on any atom is 1.00 e. The van der Waals surface area contributed by atoms with Gasteiger partial charge in [-0.25, -0.2) is 0 Å². The molecule has 0 aromatic rings. The Morgan fingerprint density at radius 3 is 0.429 bits per heavy atom. The van der Waals surface area contributed by atoms with Crippen molar-refractivity contribution in [3.63, 3.8) is 0 Å². The van der Waals surface area contributed by atoms with E-state index in [1.807, 2.05) is 0 Å². The van der Waals surface area contributed by atoms with E-state index in [2.05, 4.69) is 0 Å². The second-order valence-electron chi connectivity index (χ2n) is 1.29. The summed E-state index contributed by atoms with van der Waals surface area (Å²) in [6.45, 7) is 0. The molecule has 0 amide bonds. The SMILES string of the molecule is O=[As]([O-])([O-])F.O=[As]([O-])([O-])F.O=[As]([O-])([O-])F.[Ag+].[Ag+].[Ag+].[Ag+].[Ag+].[Ag+]. The van der Waals surface area contributed by atoms with Crippen molar-refractivity contribution < 1.29 is 180 Å². The van der Waals surface area contributed by atoms with Crippen LogP contribution < -0.4 is 24.6 Å². The van der Waals surface area contributed by atoms with Crippen LogP contribution in [0.15, 0.2) is 0 Å². The summed E-state index contributed by atoms with van der Waals surface area (Å²) in [6.07, 6.45) is 0. The molecule has 21 heteroatoms. The van der Waals surface area contributed by atoms with Crippen molar-refractivity contribution in [3.8, 4) is 0 Å². The van der Waals surface area contributed by atoms with Gasteiger partial charge in [0.15, 0.2) is 0 Å². The van der Waals surface area contributed by atoms with E-state index in [1.54, 1.807) is 0 Å². The van der Waals surface area contributed by atoms with Crippen molar-refractivity contribution in [2.45, 2.75) is 0 Å². The van der Waals surface area contributed by atoms with Crippen LogP contribution in [0, 0.1) is 0 Å². The minimum absolute atomic E-state index is 0. The molecule has 0 aliphatic rings. The average Bonchev–Trinajstić information content (AvgIpc) is 1.41. The summed E-state index contributed by atoms with van der Waals surface area (Å²) in [5.41, 5.74) is 0. The smallest absolute Gasteiger partial charge is 1.00 e. The van der Waals surface area contributed by atoms with Gasteiger partial charge in [0, 0.05) is 0 Å². The Labute approximate surface area is 220 Å². The molecular formula is Ag6As3F3O9. The topological polar surface area (TPSA) is 190 Å². The third-order valence-corrected chi connectivity index (χ3v) is 0. The van der Waals surface area contributed by atoms with Crippen molar-refractivity contribution in [2.24, 2.45) is 0 Å². The molecule has 0 aliphatic heterocycles. The number of hydrogen-bond donors (Lipinski definition) is 0. The van der Waals surface area contributed by atoms with E-state index in [4.69, 9.17) is 35.8 Å². The second kappa shape index (κ2) is 27.3. The Balaban J connectivity index is -0.0000000129. The van der Waals surface area contributed by atoms with Gasteiger partial charge in [-0.05, 0) is 0 Å². The summed E-state index contributed by atoms with van der Waals surface area (Å²) in [5, 5.41) is 0. The number of halogens is 3. The summed E-state index contributed by atoms with van der Waals surface area (Å²) < 4.78 is 107. The maximum absolute atomic E-state index is 10.2. The van der Waals surface area contributed by atoms with Crippen molar-refractivity contribution in [1.29, 1.82) is 0 Å². The summed E-state index contributed by atoms with van der Waals surface area (Å²) in [5.74, 6) is 0. The van der Waals surface area contributed by atoms with Gasteiger partial charge in [-0.3, -0.25) is 0 Å². The first-order valence-electron chi connectivity index (χ1n) is 2.15. The molecule has 0 rings (SSSR count). The standard InChI is InChI=1S/6Ag.3AsFH2O3/c;;;;;;3*2-1(3,4)5/h;;;;;;3*(H2,3,4,5)/q6*+1;;;/p-6. The van der Waals surface area contributed by atoms with E-state index < -0.39 is 43.9 Å². The number of hydrogen-bond acceptors (Lipinski definition) is 9. The van der Waals surface area contributed by atoms with E-state index >= 15 is 0 Å². The fourth-order valence-corrected chi connectivity index (χ4v) is 0. The number of rotatable bonds is 0. The van der Waals surface area contributed by atoms with Gasteiger partial charge in [-0.2, -0.15) is 0 Å². The zero-order valence-corrected chi connectivity index (χ0v) is 22.5. The molecule has 0 spiro atoms. The third kappa shape index (κ3) is 520. The summed E-state index contributed by atoms with van der Waals surface area (Å²) in [6, 6.07) is 0. The molecular weight excluding hydrogens is 1070 g/mol. The Hall–Kier alpha value is 5.07. The average molecular weight is 1070 g/mol. The molecule has 0 aromatic carbocycles. The molecule has 0 fully saturated rings. The van der Waals surface area contributed by atoms with Crippen LogP contribution in [-0.2, 0) is 145 Å². The zero-order chi connectivity index (χ0) is 13.5. The van der Waals surface area contributed by atoms with Crippen LogP contribution >= 0.6 is 0 Å². The van der Waals surface area contributed by atoms with Crippen LogP contribution in [0.25, 0.3) is 0 Å². The van der Waals surface area contributed by atoms with Gasteiger partial charge in [0.2, 0.25) is 0 Å². The quantitative estimate of drug-likeness (QED) is 0.213. The molecule has 9 nitrogen and oxygen atoms in total. The molecule has 0 bridgehead atoms. The molecule has 21 heavy (non-hydrogen) atoms. The normalized spacial score (nSPS) is 8.43. The van der Waals surface area contributed by atoms with Crippen molar-refractivity contribution >= 4 is 43.9 Å². The largest absolute Gasteiger partial charge is 1.00 e. The monoisotopic (exact) mass is 1070 g/mol. The second-order valence-corrected chi connectivity index (χ2v) is 6.71. The van der Waals surface area contributed by atoms with Gasteiger partial charge in [0.25, 0.3) is 0 Å². The molecule has 0 aromatic heterocycles. The molecule has 0 N–H and O–H groups in total. The fraction of sp³-hybridized carbons (Fsp3) is 0. The van der Waals surface area contributed by atoms with Crippen molar-refractivity contribution in [2.75, 3.05) is 0 Å².